The maximum Gasteiger partial charge on any atom is 1.00 e. The Morgan fingerprint density at radius 3 is 2.23 bits per heavy atom. The molecule has 3 rings (SSSR count). The summed E-state index contributed by atoms with van der Waals surface area (Å²) in [5.41, 5.74) is 8.66. The van der Waals surface area contributed by atoms with Gasteiger partial charge >= 0.3 is 35.5 Å². The van der Waals surface area contributed by atoms with Crippen LogP contribution in [0.25, 0.3) is 0 Å². The minimum atomic E-state index is -1.32. The van der Waals surface area contributed by atoms with Crippen molar-refractivity contribution in [3.8, 4) is 5.75 Å². The molecule has 146 valence electrons. The first-order chi connectivity index (χ1) is 13.8. The molecule has 30 heavy (non-hydrogen) atoms. The Kier molecular flexibility index (Phi) is 7.71. The number of aromatic carboxylic acids is 1. The van der Waals surface area contributed by atoms with Crippen LogP contribution < -0.4 is 45.7 Å². The van der Waals surface area contributed by atoms with Gasteiger partial charge in [0.05, 0.1) is 16.9 Å². The van der Waals surface area contributed by atoms with E-state index >= 15 is 0 Å². The van der Waals surface area contributed by atoms with E-state index in [4.69, 9.17) is 10.8 Å². The van der Waals surface area contributed by atoms with Gasteiger partial charge in [-0.2, -0.15) is 10.2 Å². The molecule has 4 N–H and O–H groups in total. The van der Waals surface area contributed by atoms with Crippen molar-refractivity contribution < 1.29 is 49.4 Å². The molecule has 0 spiro atoms. The van der Waals surface area contributed by atoms with E-state index in [9.17, 15) is 14.7 Å². The molecule has 0 radical (unpaired) electrons. The van der Waals surface area contributed by atoms with Crippen molar-refractivity contribution in [2.75, 3.05) is 11.1 Å². The van der Waals surface area contributed by atoms with E-state index in [1.807, 2.05) is 6.92 Å². The molecule has 0 unspecified atom stereocenters. The molecule has 0 aromatic heterocycles. The van der Waals surface area contributed by atoms with Crippen LogP contribution in [-0.2, 0) is 0 Å². The van der Waals surface area contributed by atoms with Crippen molar-refractivity contribution in [1.82, 2.24) is 0 Å². The zero-order chi connectivity index (χ0) is 21.0. The largest absolute Gasteiger partial charge is 1.00 e. The van der Waals surface area contributed by atoms with E-state index in [0.29, 0.717) is 22.6 Å². The Labute approximate surface area is 194 Å². The number of hydrogen-bond donors (Lipinski definition) is 3. The number of nitrogens with two attached hydrogens (primary N) is 1. The second-order valence-electron chi connectivity index (χ2n) is 6.26. The third-order valence-electron chi connectivity index (χ3n) is 4.13. The third kappa shape index (κ3) is 5.66. The smallest absolute Gasteiger partial charge is 0.872 e. The monoisotopic (exact) mass is 412 g/mol. The van der Waals surface area contributed by atoms with Crippen LogP contribution >= 0.6 is 0 Å². The molecule has 9 heteroatoms. The maximum atomic E-state index is 12.3. The normalized spacial score (nSPS) is 10.4. The molecule has 0 fully saturated rings. The van der Waals surface area contributed by atoms with Gasteiger partial charge in [0.2, 0.25) is 0 Å². The van der Waals surface area contributed by atoms with Crippen LogP contribution in [-0.4, -0.2) is 17.0 Å². The quantitative estimate of drug-likeness (QED) is 0.326. The summed E-state index contributed by atoms with van der Waals surface area (Å²) in [6, 6.07) is 15.4. The van der Waals surface area contributed by atoms with Crippen molar-refractivity contribution in [2.45, 2.75) is 6.92 Å². The topological polar surface area (TPSA) is 140 Å². The van der Waals surface area contributed by atoms with E-state index in [1.54, 1.807) is 42.5 Å². The SMILES string of the molecule is Cc1cc(C(=O)Nc2ccc(N=Nc3ccc([O-])c(C(=O)O)c3)cc2)ccc1N.[Na+]. The predicted molar refractivity (Wildman–Crippen MR) is 107 cm³/mol. The van der Waals surface area contributed by atoms with E-state index < -0.39 is 11.7 Å². The van der Waals surface area contributed by atoms with Gasteiger partial charge in [-0.05, 0) is 67.1 Å². The van der Waals surface area contributed by atoms with Crippen LogP contribution in [0.2, 0.25) is 0 Å². The molecule has 1 amide bonds. The van der Waals surface area contributed by atoms with Gasteiger partial charge in [-0.25, -0.2) is 4.79 Å². The van der Waals surface area contributed by atoms with E-state index in [0.717, 1.165) is 17.7 Å². The first kappa shape index (κ1) is 23.1. The van der Waals surface area contributed by atoms with E-state index in [2.05, 4.69) is 15.5 Å². The summed E-state index contributed by atoms with van der Waals surface area (Å²) in [7, 11) is 0. The van der Waals surface area contributed by atoms with E-state index in [1.165, 1.54) is 6.07 Å². The zero-order valence-electron chi connectivity index (χ0n) is 16.4. The molecule has 3 aromatic carbocycles. The van der Waals surface area contributed by atoms with Gasteiger partial charge in [-0.3, -0.25) is 4.79 Å². The van der Waals surface area contributed by atoms with Gasteiger partial charge in [-0.1, -0.05) is 11.8 Å². The van der Waals surface area contributed by atoms with Gasteiger partial charge in [0.15, 0.2) is 0 Å². The number of carbonyl (C=O) groups is 2. The molecule has 8 nitrogen and oxygen atoms in total. The van der Waals surface area contributed by atoms with Crippen LogP contribution in [0.15, 0.2) is 70.9 Å². The molecule has 0 saturated heterocycles. The number of nitrogen functional groups attached to an aromatic ring is 1. The molecule has 0 aliphatic carbocycles. The number of carbonyl (C=O) groups excluding carboxylic acids is 1. The minimum absolute atomic E-state index is 0. The van der Waals surface area contributed by atoms with Crippen LogP contribution in [0.5, 0.6) is 5.75 Å². The zero-order valence-corrected chi connectivity index (χ0v) is 18.4. The number of azo groups is 1. The summed E-state index contributed by atoms with van der Waals surface area (Å²) in [6.45, 7) is 1.83. The number of hydrogen-bond acceptors (Lipinski definition) is 6. The fourth-order valence-corrected chi connectivity index (χ4v) is 2.49. The van der Waals surface area contributed by atoms with Crippen LogP contribution in [0, 0.1) is 6.92 Å². The number of nitrogens with zero attached hydrogens (tertiary/aromatic N) is 2. The van der Waals surface area contributed by atoms with Gasteiger partial charge in [0.1, 0.15) is 0 Å². The van der Waals surface area contributed by atoms with Crippen LogP contribution in [0.4, 0.5) is 22.7 Å². The summed E-state index contributed by atoms with van der Waals surface area (Å²) in [5.74, 6) is -2.17. The molecule has 3 aromatic rings. The maximum absolute atomic E-state index is 12.3. The Hall–Kier alpha value is -3.20. The fraction of sp³-hybridized carbons (Fsp3) is 0.0476. The number of carboxylic acid groups (broad SMARTS) is 1. The number of nitrogens with one attached hydrogen (secondary N) is 1. The third-order valence-corrected chi connectivity index (χ3v) is 4.13. The first-order valence-corrected chi connectivity index (χ1v) is 8.57. The van der Waals surface area contributed by atoms with Crippen molar-refractivity contribution in [2.24, 2.45) is 10.2 Å². The summed E-state index contributed by atoms with van der Waals surface area (Å²) in [4.78, 5) is 23.3. The average molecular weight is 412 g/mol. The van der Waals surface area contributed by atoms with Gasteiger partial charge in [0.25, 0.3) is 5.91 Å². The number of benzene rings is 3. The molecule has 0 heterocycles. The Morgan fingerprint density at radius 1 is 0.967 bits per heavy atom. The number of rotatable bonds is 5. The summed E-state index contributed by atoms with van der Waals surface area (Å²) in [5, 5.41) is 31.2. The molecular formula is C21H17N4NaO4. The van der Waals surface area contributed by atoms with Crippen molar-refractivity contribution >= 4 is 34.6 Å². The van der Waals surface area contributed by atoms with Crippen LogP contribution in [0.1, 0.15) is 26.3 Å². The minimum Gasteiger partial charge on any atom is -0.872 e. The summed E-state index contributed by atoms with van der Waals surface area (Å²) < 4.78 is 0. The van der Waals surface area contributed by atoms with Crippen LogP contribution in [0.3, 0.4) is 0 Å². The predicted octanol–water partition coefficient (Wildman–Crippen LogP) is 1.02. The molecule has 0 saturated carbocycles. The van der Waals surface area contributed by atoms with Gasteiger partial charge in [-0.15, -0.1) is 0 Å². The van der Waals surface area contributed by atoms with E-state index in [-0.39, 0.29) is 46.7 Å². The number of carboxylic acids is 1. The average Bonchev–Trinajstić information content (AvgIpc) is 2.70. The second-order valence-corrected chi connectivity index (χ2v) is 6.26. The molecule has 0 atom stereocenters. The Bertz CT molecular complexity index is 1110. The number of aryl methyl sites for hydroxylation is 1. The first-order valence-electron chi connectivity index (χ1n) is 8.57. The fourth-order valence-electron chi connectivity index (χ4n) is 2.49. The Balaban J connectivity index is 0.00000320. The molecule has 0 aliphatic rings. The summed E-state index contributed by atoms with van der Waals surface area (Å²) in [6.07, 6.45) is 0. The van der Waals surface area contributed by atoms with Crippen molar-refractivity contribution in [3.63, 3.8) is 0 Å². The number of amides is 1. The van der Waals surface area contributed by atoms with Gasteiger partial charge in [0, 0.05) is 16.9 Å². The van der Waals surface area contributed by atoms with Crippen molar-refractivity contribution in [3.05, 3.63) is 77.4 Å². The molecular weight excluding hydrogens is 395 g/mol. The molecule has 0 aliphatic heterocycles. The molecule has 0 bridgehead atoms. The second kappa shape index (κ2) is 10.0. The Morgan fingerprint density at radius 2 is 1.60 bits per heavy atom. The standard InChI is InChI=1S/C21H18N4O4.Na/c1-12-10-13(2-8-18(12)22)20(27)23-14-3-5-15(6-4-14)24-25-16-7-9-19(26)17(11-16)21(28)29;/h2-11,26H,22H2,1H3,(H,23,27)(H,28,29);/q;+1/p-1. The van der Waals surface area contributed by atoms with Crippen molar-refractivity contribution in [1.29, 1.82) is 0 Å². The van der Waals surface area contributed by atoms with Gasteiger partial charge < -0.3 is 21.3 Å². The summed E-state index contributed by atoms with van der Waals surface area (Å²) >= 11 is 0. The number of anilines is 2.